The molecule has 7 rings (SSSR count). The number of imidazole rings is 1. The van der Waals surface area contributed by atoms with E-state index in [0.29, 0.717) is 36.1 Å². The summed E-state index contributed by atoms with van der Waals surface area (Å²) in [6.07, 6.45) is 8.26. The molecule has 0 bridgehead atoms. The molecule has 41 heavy (non-hydrogen) atoms. The zero-order chi connectivity index (χ0) is 28.1. The van der Waals surface area contributed by atoms with E-state index in [-0.39, 0.29) is 36.4 Å². The van der Waals surface area contributed by atoms with E-state index in [1.807, 2.05) is 17.0 Å². The van der Waals surface area contributed by atoms with Gasteiger partial charge in [0.2, 0.25) is 0 Å². The smallest absolute Gasteiger partial charge is 0.254 e. The van der Waals surface area contributed by atoms with Crippen LogP contribution < -0.4 is 5.32 Å². The molecule has 6 heterocycles. The first-order chi connectivity index (χ1) is 19.9. The van der Waals surface area contributed by atoms with Gasteiger partial charge < -0.3 is 24.6 Å². The molecule has 3 saturated heterocycles. The van der Waals surface area contributed by atoms with Crippen molar-refractivity contribution in [1.82, 2.24) is 29.3 Å². The third-order valence-electron chi connectivity index (χ3n) is 8.67. The van der Waals surface area contributed by atoms with Gasteiger partial charge in [0.15, 0.2) is 23.2 Å². The van der Waals surface area contributed by atoms with Crippen LogP contribution in [-0.2, 0) is 14.2 Å². The van der Waals surface area contributed by atoms with E-state index in [1.165, 1.54) is 5.56 Å². The first kappa shape index (κ1) is 26.5. The number of ether oxygens (including phenoxy) is 3. The molecule has 11 heteroatoms. The molecule has 0 radical (unpaired) electrons. The predicted octanol–water partition coefficient (Wildman–Crippen LogP) is 4.04. The second kappa shape index (κ2) is 10.5. The molecule has 2 N–H and O–H groups in total. The molecule has 3 aliphatic rings. The zero-order valence-electron chi connectivity index (χ0n) is 23.7. The largest absolute Gasteiger partial charge is 0.394 e. The monoisotopic (exact) mass is 559 g/mol. The molecule has 1 aromatic carbocycles. The average Bonchev–Trinajstić information content (AvgIpc) is 3.78. The fourth-order valence-corrected chi connectivity index (χ4v) is 6.60. The molecule has 0 amide bonds. The standard InChI is InChI=1S/C30H37N7O4/c1-4-10-30(3)12-22-23(15-38)40-28(25(22)41-30)36-17-31-24-26(33-21-9-11-39-16-21)34-29(35-27(24)36)37-14-20(13-32-37)19-7-5-18(2)6-8-19/h5-8,13-14,17,21-23,25,28,38H,4,9-12,15-16H2,1-3H3,(H,33,34,35)/t21?,22-,23-,25-,28-,30?/m1/s1. The lowest BCUT2D eigenvalue weighted by atomic mass is 9.88. The topological polar surface area (TPSA) is 121 Å². The molecule has 11 nitrogen and oxygen atoms in total. The lowest BCUT2D eigenvalue weighted by Crippen LogP contribution is -2.30. The van der Waals surface area contributed by atoms with E-state index in [0.717, 1.165) is 36.8 Å². The lowest BCUT2D eigenvalue weighted by Gasteiger charge is -2.28. The first-order valence-electron chi connectivity index (χ1n) is 14.6. The van der Waals surface area contributed by atoms with Crippen molar-refractivity contribution in [1.29, 1.82) is 0 Å². The maximum Gasteiger partial charge on any atom is 0.254 e. The quantitative estimate of drug-likeness (QED) is 0.329. The van der Waals surface area contributed by atoms with Crippen LogP contribution in [0.3, 0.4) is 0 Å². The molecular weight excluding hydrogens is 522 g/mol. The Morgan fingerprint density at radius 2 is 2.02 bits per heavy atom. The number of fused-ring (bicyclic) bond motifs is 2. The van der Waals surface area contributed by atoms with Gasteiger partial charge in [-0.05, 0) is 38.7 Å². The summed E-state index contributed by atoms with van der Waals surface area (Å²) in [5.74, 6) is 1.15. The number of aliphatic hydroxyl groups excluding tert-OH is 1. The van der Waals surface area contributed by atoms with Gasteiger partial charge in [-0.1, -0.05) is 43.2 Å². The van der Waals surface area contributed by atoms with E-state index in [4.69, 9.17) is 29.2 Å². The minimum absolute atomic E-state index is 0.0559. The molecule has 4 aromatic rings. The summed E-state index contributed by atoms with van der Waals surface area (Å²) in [6, 6.07) is 8.48. The van der Waals surface area contributed by atoms with E-state index >= 15 is 0 Å². The summed E-state index contributed by atoms with van der Waals surface area (Å²) in [6.45, 7) is 7.68. The van der Waals surface area contributed by atoms with E-state index < -0.39 is 6.23 Å². The third kappa shape index (κ3) is 4.80. The fraction of sp³-hybridized carbons (Fsp3) is 0.533. The molecule has 3 fully saturated rings. The Balaban J connectivity index is 1.29. The minimum Gasteiger partial charge on any atom is -0.394 e. The van der Waals surface area contributed by atoms with Crippen molar-refractivity contribution in [2.75, 3.05) is 25.1 Å². The van der Waals surface area contributed by atoms with Crippen LogP contribution in [0, 0.1) is 12.8 Å². The summed E-state index contributed by atoms with van der Waals surface area (Å²) in [5.41, 5.74) is 4.28. The highest BCUT2D eigenvalue weighted by atomic mass is 16.6. The van der Waals surface area contributed by atoms with Crippen LogP contribution >= 0.6 is 0 Å². The Hall–Kier alpha value is -3.38. The van der Waals surface area contributed by atoms with Crippen molar-refractivity contribution in [2.24, 2.45) is 5.92 Å². The number of anilines is 1. The van der Waals surface area contributed by atoms with Gasteiger partial charge in [-0.15, -0.1) is 0 Å². The van der Waals surface area contributed by atoms with Gasteiger partial charge in [0.25, 0.3) is 5.95 Å². The summed E-state index contributed by atoms with van der Waals surface area (Å²) < 4.78 is 22.3. The van der Waals surface area contributed by atoms with Gasteiger partial charge >= 0.3 is 0 Å². The summed E-state index contributed by atoms with van der Waals surface area (Å²) in [7, 11) is 0. The first-order valence-corrected chi connectivity index (χ1v) is 14.6. The number of nitrogens with zero attached hydrogens (tertiary/aromatic N) is 6. The summed E-state index contributed by atoms with van der Waals surface area (Å²) in [4.78, 5) is 14.6. The number of aryl methyl sites for hydroxylation is 1. The van der Waals surface area contributed by atoms with Crippen molar-refractivity contribution >= 4 is 17.0 Å². The average molecular weight is 560 g/mol. The highest BCUT2D eigenvalue weighted by molar-refractivity contribution is 5.84. The second-order valence-electron chi connectivity index (χ2n) is 11.8. The van der Waals surface area contributed by atoms with Gasteiger partial charge in [0, 0.05) is 24.3 Å². The van der Waals surface area contributed by atoms with Crippen LogP contribution in [0.1, 0.15) is 51.3 Å². The molecule has 3 aromatic heterocycles. The Morgan fingerprint density at radius 1 is 1.17 bits per heavy atom. The predicted molar refractivity (Wildman–Crippen MR) is 153 cm³/mol. The molecule has 216 valence electrons. The number of aliphatic hydroxyl groups is 1. The van der Waals surface area contributed by atoms with Crippen LogP contribution in [0.4, 0.5) is 5.82 Å². The maximum atomic E-state index is 10.2. The van der Waals surface area contributed by atoms with E-state index in [2.05, 4.69) is 55.5 Å². The summed E-state index contributed by atoms with van der Waals surface area (Å²) in [5, 5.41) is 18.3. The second-order valence-corrected chi connectivity index (χ2v) is 11.8. The number of hydrogen-bond donors (Lipinski definition) is 2. The Kier molecular flexibility index (Phi) is 6.77. The highest BCUT2D eigenvalue weighted by Crippen LogP contribution is 2.50. The molecule has 0 aliphatic carbocycles. The zero-order valence-corrected chi connectivity index (χ0v) is 23.7. The number of rotatable bonds is 8. The van der Waals surface area contributed by atoms with Crippen molar-refractivity contribution in [2.45, 2.75) is 76.5 Å². The van der Waals surface area contributed by atoms with Crippen molar-refractivity contribution in [3.8, 4) is 17.1 Å². The van der Waals surface area contributed by atoms with Crippen LogP contribution in [0.15, 0.2) is 43.0 Å². The van der Waals surface area contributed by atoms with Crippen LogP contribution in [0.2, 0.25) is 0 Å². The normalized spacial score (nSPS) is 29.4. The van der Waals surface area contributed by atoms with Gasteiger partial charge in [0.1, 0.15) is 6.10 Å². The third-order valence-corrected chi connectivity index (χ3v) is 8.67. The van der Waals surface area contributed by atoms with E-state index in [1.54, 1.807) is 11.0 Å². The van der Waals surface area contributed by atoms with Crippen LogP contribution in [0.25, 0.3) is 28.2 Å². The van der Waals surface area contributed by atoms with Crippen LogP contribution in [0.5, 0.6) is 0 Å². The Bertz CT molecular complexity index is 1530. The van der Waals surface area contributed by atoms with Gasteiger partial charge in [0.05, 0.1) is 43.5 Å². The molecule has 0 spiro atoms. The van der Waals surface area contributed by atoms with Gasteiger partial charge in [-0.3, -0.25) is 4.57 Å². The minimum atomic E-state index is -0.466. The molecule has 3 aliphatic heterocycles. The van der Waals surface area contributed by atoms with Crippen molar-refractivity contribution in [3.05, 3.63) is 48.5 Å². The van der Waals surface area contributed by atoms with Crippen LogP contribution in [-0.4, -0.2) is 78.1 Å². The molecular formula is C30H37N7O4. The number of benzene rings is 1. The summed E-state index contributed by atoms with van der Waals surface area (Å²) >= 11 is 0. The SMILES string of the molecule is CCCC1(C)C[C@H]2[C@@H](O1)[C@H](n1cnc3c(NC4CCOC4)nc(-n4cc(-c5ccc(C)cc5)cn4)nc31)O[C@@H]2CO. The lowest BCUT2D eigenvalue weighted by molar-refractivity contribution is -0.116. The Labute approximate surface area is 238 Å². The highest BCUT2D eigenvalue weighted by Gasteiger charge is 2.55. The van der Waals surface area contributed by atoms with Crippen molar-refractivity contribution < 1.29 is 19.3 Å². The number of nitrogens with one attached hydrogen (secondary N) is 1. The molecule has 2 unspecified atom stereocenters. The fourth-order valence-electron chi connectivity index (χ4n) is 6.60. The van der Waals surface area contributed by atoms with Gasteiger partial charge in [-0.2, -0.15) is 15.1 Å². The number of hydrogen-bond acceptors (Lipinski definition) is 9. The van der Waals surface area contributed by atoms with Gasteiger partial charge in [-0.25, -0.2) is 9.67 Å². The van der Waals surface area contributed by atoms with Crippen molar-refractivity contribution in [3.63, 3.8) is 0 Å². The number of aromatic nitrogens is 6. The molecule has 6 atom stereocenters. The molecule has 0 saturated carbocycles. The maximum absolute atomic E-state index is 10.2. The Morgan fingerprint density at radius 3 is 2.78 bits per heavy atom. The van der Waals surface area contributed by atoms with E-state index in [9.17, 15) is 5.11 Å².